The number of nitrogens with zero attached hydrogens (tertiary/aromatic N) is 3. The summed E-state index contributed by atoms with van der Waals surface area (Å²) in [5.41, 5.74) is 3.68. The fourth-order valence-electron chi connectivity index (χ4n) is 4.50. The van der Waals surface area contributed by atoms with Crippen molar-refractivity contribution in [1.29, 1.82) is 0 Å². The molecule has 0 amide bonds. The van der Waals surface area contributed by atoms with Crippen LogP contribution in [0.25, 0.3) is 5.57 Å². The van der Waals surface area contributed by atoms with E-state index in [9.17, 15) is 9.18 Å². The van der Waals surface area contributed by atoms with Crippen LogP contribution in [-0.2, 0) is 4.74 Å². The molecule has 0 aliphatic carbocycles. The minimum absolute atomic E-state index is 0.0504. The second-order valence-electron chi connectivity index (χ2n) is 8.25. The van der Waals surface area contributed by atoms with E-state index in [2.05, 4.69) is 43.9 Å². The van der Waals surface area contributed by atoms with Crippen LogP contribution in [0.2, 0.25) is 0 Å². The molecule has 1 aromatic heterocycles. The molecule has 32 heavy (non-hydrogen) atoms. The van der Waals surface area contributed by atoms with Crippen molar-refractivity contribution in [2.75, 3.05) is 26.3 Å². The molecule has 0 spiro atoms. The number of fused-ring (bicyclic) bond motifs is 1. The Morgan fingerprint density at radius 1 is 1.25 bits per heavy atom. The summed E-state index contributed by atoms with van der Waals surface area (Å²) in [5.74, 6) is -0.229. The Morgan fingerprint density at radius 2 is 2.06 bits per heavy atom. The van der Waals surface area contributed by atoms with Crippen molar-refractivity contribution in [3.63, 3.8) is 0 Å². The average molecular weight is 546 g/mol. The zero-order valence-electron chi connectivity index (χ0n) is 17.7. The number of ether oxygens (including phenoxy) is 1. The van der Waals surface area contributed by atoms with Crippen LogP contribution in [0.15, 0.2) is 64.3 Å². The van der Waals surface area contributed by atoms with E-state index >= 15 is 0 Å². The van der Waals surface area contributed by atoms with Gasteiger partial charge in [-0.15, -0.1) is 0 Å². The van der Waals surface area contributed by atoms with Gasteiger partial charge in [-0.1, -0.05) is 0 Å². The van der Waals surface area contributed by atoms with Crippen LogP contribution < -0.4 is 10.9 Å². The molecule has 0 saturated carbocycles. The number of benzene rings is 1. The molecule has 3 aliphatic heterocycles. The summed E-state index contributed by atoms with van der Waals surface area (Å²) >= 11 is 2.09. The highest BCUT2D eigenvalue weighted by Crippen LogP contribution is 2.34. The molecule has 166 valence electrons. The van der Waals surface area contributed by atoms with E-state index in [1.165, 1.54) is 12.1 Å². The molecule has 0 bridgehead atoms. The van der Waals surface area contributed by atoms with Crippen molar-refractivity contribution in [1.82, 2.24) is 14.8 Å². The zero-order valence-corrected chi connectivity index (χ0v) is 19.8. The lowest BCUT2D eigenvalue weighted by atomic mass is 9.91. The molecule has 5 rings (SSSR count). The number of nitrogens with one attached hydrogen (secondary N) is 1. The topological polar surface area (TPSA) is 58.9 Å². The lowest BCUT2D eigenvalue weighted by molar-refractivity contribution is 0.0562. The van der Waals surface area contributed by atoms with Gasteiger partial charge in [0.2, 0.25) is 0 Å². The fraction of sp³-hybridized carbons (Fsp3) is 0.333. The third-order valence-corrected chi connectivity index (χ3v) is 6.89. The smallest absolute Gasteiger partial charge is 0.251 e. The molecular weight excluding hydrogens is 522 g/mol. The quantitative estimate of drug-likeness (QED) is 0.598. The molecule has 0 radical (unpaired) electrons. The van der Waals surface area contributed by atoms with E-state index in [4.69, 9.17) is 4.74 Å². The largest absolute Gasteiger partial charge is 0.378 e. The van der Waals surface area contributed by atoms with Gasteiger partial charge in [-0.2, -0.15) is 0 Å². The zero-order chi connectivity index (χ0) is 22.2. The summed E-state index contributed by atoms with van der Waals surface area (Å²) < 4.78 is 21.8. The predicted octanol–water partition coefficient (Wildman–Crippen LogP) is 3.39. The number of pyridine rings is 1. The van der Waals surface area contributed by atoms with E-state index in [1.54, 1.807) is 16.8 Å². The van der Waals surface area contributed by atoms with Crippen molar-refractivity contribution in [2.45, 2.75) is 19.1 Å². The van der Waals surface area contributed by atoms with Crippen molar-refractivity contribution in [2.24, 2.45) is 10.9 Å². The number of aromatic nitrogens is 1. The highest BCUT2D eigenvalue weighted by Gasteiger charge is 2.32. The van der Waals surface area contributed by atoms with Gasteiger partial charge in [-0.3, -0.25) is 9.79 Å². The molecule has 1 saturated heterocycles. The van der Waals surface area contributed by atoms with Crippen LogP contribution in [0.5, 0.6) is 0 Å². The number of hydrogen-bond donors (Lipinski definition) is 1. The molecule has 2 aromatic rings. The van der Waals surface area contributed by atoms with Crippen LogP contribution >= 0.6 is 22.6 Å². The fourth-order valence-corrected chi connectivity index (χ4v) is 5.15. The first-order valence-electron chi connectivity index (χ1n) is 10.7. The summed E-state index contributed by atoms with van der Waals surface area (Å²) in [6.07, 6.45) is 7.87. The Balaban J connectivity index is 1.41. The van der Waals surface area contributed by atoms with Gasteiger partial charge in [0.15, 0.2) is 0 Å². The van der Waals surface area contributed by atoms with Crippen LogP contribution in [0.4, 0.5) is 4.39 Å². The van der Waals surface area contributed by atoms with Gasteiger partial charge in [0.05, 0.1) is 25.0 Å². The number of aliphatic imine (C=N–C) groups is 1. The van der Waals surface area contributed by atoms with Crippen molar-refractivity contribution < 1.29 is 9.13 Å². The molecule has 3 unspecified atom stereocenters. The van der Waals surface area contributed by atoms with Gasteiger partial charge in [0.1, 0.15) is 12.0 Å². The molecule has 1 N–H and O–H groups in total. The molecule has 4 heterocycles. The van der Waals surface area contributed by atoms with Crippen LogP contribution in [-0.4, -0.2) is 48.2 Å². The summed E-state index contributed by atoms with van der Waals surface area (Å²) in [6, 6.07) is 8.22. The number of dihydropyridines is 1. The molecule has 3 aliphatic rings. The molecule has 3 atom stereocenters. The standard InChI is InChI=1S/C24H24FIN4O2/c1-15(17-8-18(25)11-19(26)9-17)30-3-2-16(10-23(30)31)22-14-28-24-21(22)12-20(13-27-24)29-4-6-32-7-5-29/h2-3,8-15,21,24,28H,4-7H2,1H3. The number of rotatable bonds is 4. The van der Waals surface area contributed by atoms with Crippen LogP contribution in [0.3, 0.4) is 0 Å². The van der Waals surface area contributed by atoms with Crippen LogP contribution in [0.1, 0.15) is 24.1 Å². The number of morpholine rings is 1. The van der Waals surface area contributed by atoms with E-state index in [-0.39, 0.29) is 29.5 Å². The molecule has 1 fully saturated rings. The molecule has 1 aromatic carbocycles. The SMILES string of the molecule is CC(c1cc(F)cc(I)c1)n1ccc(C2=CNC3N=CC(N4CCOCC4)=CC23)cc1=O. The Kier molecular flexibility index (Phi) is 5.90. The second kappa shape index (κ2) is 8.82. The maximum Gasteiger partial charge on any atom is 0.251 e. The van der Waals surface area contributed by atoms with Gasteiger partial charge >= 0.3 is 0 Å². The molecule has 8 heteroatoms. The van der Waals surface area contributed by atoms with Crippen LogP contribution in [0, 0.1) is 15.3 Å². The minimum atomic E-state index is -0.294. The third kappa shape index (κ3) is 4.13. The van der Waals surface area contributed by atoms with Gasteiger partial charge in [-0.05, 0) is 76.6 Å². The van der Waals surface area contributed by atoms with Crippen molar-refractivity contribution >= 4 is 34.4 Å². The summed E-state index contributed by atoms with van der Waals surface area (Å²) in [6.45, 7) is 5.07. The van der Waals surface area contributed by atoms with E-state index < -0.39 is 0 Å². The van der Waals surface area contributed by atoms with Crippen molar-refractivity contribution in [3.8, 4) is 0 Å². The third-order valence-electron chi connectivity index (χ3n) is 6.27. The number of hydrogen-bond acceptors (Lipinski definition) is 5. The Bertz CT molecular complexity index is 1160. The van der Waals surface area contributed by atoms with E-state index in [0.717, 1.165) is 52.3 Å². The second-order valence-corrected chi connectivity index (χ2v) is 9.49. The average Bonchev–Trinajstić information content (AvgIpc) is 3.22. The highest BCUT2D eigenvalue weighted by atomic mass is 127. The predicted molar refractivity (Wildman–Crippen MR) is 131 cm³/mol. The molecular formula is C24H24FIN4O2. The van der Waals surface area contributed by atoms with E-state index in [1.807, 2.05) is 31.5 Å². The highest BCUT2D eigenvalue weighted by molar-refractivity contribution is 14.1. The normalized spacial score (nSPS) is 23.3. The van der Waals surface area contributed by atoms with Crippen molar-refractivity contribution in [3.05, 3.63) is 85.4 Å². The lowest BCUT2D eigenvalue weighted by Gasteiger charge is -2.32. The Morgan fingerprint density at radius 3 is 2.81 bits per heavy atom. The molecule has 6 nitrogen and oxygen atoms in total. The summed E-state index contributed by atoms with van der Waals surface area (Å²) in [5, 5.41) is 3.33. The van der Waals surface area contributed by atoms with E-state index in [0.29, 0.717) is 0 Å². The Hall–Kier alpha value is -2.46. The summed E-state index contributed by atoms with van der Waals surface area (Å²) in [7, 11) is 0. The van der Waals surface area contributed by atoms with Gasteiger partial charge in [0.25, 0.3) is 5.56 Å². The maximum atomic E-state index is 13.9. The monoisotopic (exact) mass is 546 g/mol. The first kappa shape index (κ1) is 21.4. The number of halogens is 2. The van der Waals surface area contributed by atoms with Gasteiger partial charge < -0.3 is 19.5 Å². The summed E-state index contributed by atoms with van der Waals surface area (Å²) in [4.78, 5) is 20.0. The first-order chi connectivity index (χ1) is 15.5. The first-order valence-corrected chi connectivity index (χ1v) is 11.8. The lowest BCUT2D eigenvalue weighted by Crippen LogP contribution is -2.38. The van der Waals surface area contributed by atoms with Gasteiger partial charge in [-0.25, -0.2) is 4.39 Å². The van der Waals surface area contributed by atoms with Gasteiger partial charge in [0, 0.05) is 47.3 Å². The maximum absolute atomic E-state index is 13.9. The Labute approximate surface area is 199 Å². The minimum Gasteiger partial charge on any atom is -0.378 e. The number of allylic oxidation sites excluding steroid dienone is 1.